The number of aromatic nitrogens is 2. The van der Waals surface area contributed by atoms with Crippen LogP contribution in [-0.4, -0.2) is 17.4 Å². The lowest BCUT2D eigenvalue weighted by Crippen LogP contribution is -2.15. The molecule has 2 aromatic carbocycles. The van der Waals surface area contributed by atoms with Crippen molar-refractivity contribution in [1.82, 2.24) is 8.96 Å². The third-order valence-corrected chi connectivity index (χ3v) is 5.43. The summed E-state index contributed by atoms with van der Waals surface area (Å²) in [6.45, 7) is 1.64. The van der Waals surface area contributed by atoms with Crippen molar-refractivity contribution in [1.29, 1.82) is 0 Å². The Bertz CT molecular complexity index is 948. The first-order chi connectivity index (χ1) is 9.91. The summed E-state index contributed by atoms with van der Waals surface area (Å²) in [5, 5.41) is 0.126. The van der Waals surface area contributed by atoms with Crippen LogP contribution in [0, 0.1) is 6.92 Å². The highest BCUT2D eigenvalue weighted by Crippen LogP contribution is 2.29. The lowest BCUT2D eigenvalue weighted by Gasteiger charge is -2.10. The number of aryl methyl sites for hydroxylation is 1. The van der Waals surface area contributed by atoms with Crippen molar-refractivity contribution in [3.63, 3.8) is 0 Å². The van der Waals surface area contributed by atoms with Crippen LogP contribution in [-0.2, 0) is 10.0 Å². The van der Waals surface area contributed by atoms with E-state index in [4.69, 9.17) is 17.3 Å². The molecule has 0 saturated carbocycles. The molecule has 0 spiro atoms. The molecule has 5 nitrogen and oxygen atoms in total. The van der Waals surface area contributed by atoms with Gasteiger partial charge in [-0.25, -0.2) is 17.4 Å². The van der Waals surface area contributed by atoms with E-state index in [0.717, 1.165) is 0 Å². The van der Waals surface area contributed by atoms with Crippen LogP contribution >= 0.6 is 11.6 Å². The Hall–Kier alpha value is -2.05. The number of nitrogens with zero attached hydrogens (tertiary/aromatic N) is 2. The highest BCUT2D eigenvalue weighted by atomic mass is 35.5. The molecule has 3 aromatic rings. The minimum absolute atomic E-state index is 0.0320. The van der Waals surface area contributed by atoms with Crippen molar-refractivity contribution >= 4 is 38.3 Å². The van der Waals surface area contributed by atoms with Crippen molar-refractivity contribution in [3.05, 3.63) is 53.3 Å². The smallest absolute Gasteiger partial charge is 0.271 e. The minimum Gasteiger partial charge on any atom is -0.399 e. The Morgan fingerprint density at radius 1 is 1.19 bits per heavy atom. The Morgan fingerprint density at radius 3 is 2.67 bits per heavy atom. The summed E-state index contributed by atoms with van der Waals surface area (Å²) in [5.74, 6) is 0.370. The van der Waals surface area contributed by atoms with E-state index < -0.39 is 10.0 Å². The van der Waals surface area contributed by atoms with Gasteiger partial charge in [0.2, 0.25) is 0 Å². The molecule has 21 heavy (non-hydrogen) atoms. The number of benzene rings is 2. The molecule has 0 bridgehead atoms. The largest absolute Gasteiger partial charge is 0.399 e. The van der Waals surface area contributed by atoms with Crippen LogP contribution in [0.25, 0.3) is 11.0 Å². The zero-order valence-electron chi connectivity index (χ0n) is 11.1. The molecule has 0 unspecified atom stereocenters. The first kappa shape index (κ1) is 13.9. The van der Waals surface area contributed by atoms with E-state index in [2.05, 4.69) is 4.98 Å². The van der Waals surface area contributed by atoms with E-state index >= 15 is 0 Å². The number of hydrogen-bond donors (Lipinski definition) is 1. The van der Waals surface area contributed by atoms with Crippen LogP contribution < -0.4 is 5.73 Å². The van der Waals surface area contributed by atoms with Gasteiger partial charge in [0.25, 0.3) is 10.0 Å². The molecule has 1 heterocycles. The van der Waals surface area contributed by atoms with Gasteiger partial charge in [-0.05, 0) is 37.3 Å². The summed E-state index contributed by atoms with van der Waals surface area (Å²) < 4.78 is 27.0. The molecule has 0 aliphatic carbocycles. The minimum atomic E-state index is -3.86. The Balaban J connectivity index is 2.35. The molecule has 0 radical (unpaired) electrons. The number of fused-ring (bicyclic) bond motifs is 1. The van der Waals surface area contributed by atoms with Gasteiger partial charge in [0.1, 0.15) is 10.7 Å². The molecular weight excluding hydrogens is 310 g/mol. The topological polar surface area (TPSA) is 78.0 Å². The zero-order chi connectivity index (χ0) is 15.2. The monoisotopic (exact) mass is 321 g/mol. The number of hydrogen-bond acceptors (Lipinski definition) is 4. The van der Waals surface area contributed by atoms with E-state index in [9.17, 15) is 8.42 Å². The first-order valence-corrected chi connectivity index (χ1v) is 7.98. The Morgan fingerprint density at radius 2 is 1.90 bits per heavy atom. The van der Waals surface area contributed by atoms with Crippen molar-refractivity contribution in [2.75, 3.05) is 5.73 Å². The van der Waals surface area contributed by atoms with Crippen LogP contribution in [0.15, 0.2) is 47.4 Å². The molecule has 0 aliphatic rings. The van der Waals surface area contributed by atoms with Crippen LogP contribution in [0.4, 0.5) is 5.69 Å². The number of rotatable bonds is 2. The maximum absolute atomic E-state index is 12.9. The van der Waals surface area contributed by atoms with E-state index in [0.29, 0.717) is 22.5 Å². The summed E-state index contributed by atoms with van der Waals surface area (Å²) in [4.78, 5) is 4.23. The molecular formula is C14H12ClN3O2S. The fourth-order valence-electron chi connectivity index (χ4n) is 2.24. The fourth-order valence-corrected chi connectivity index (χ4v) is 4.25. The van der Waals surface area contributed by atoms with Gasteiger partial charge >= 0.3 is 0 Å². The lowest BCUT2D eigenvalue weighted by molar-refractivity contribution is 0.587. The second-order valence-electron chi connectivity index (χ2n) is 4.61. The normalized spacial score (nSPS) is 11.9. The second kappa shape index (κ2) is 4.75. The Labute approximate surface area is 127 Å². The van der Waals surface area contributed by atoms with Crippen molar-refractivity contribution in [2.45, 2.75) is 11.8 Å². The second-order valence-corrected chi connectivity index (χ2v) is 6.77. The number of anilines is 1. The molecule has 108 valence electrons. The summed E-state index contributed by atoms with van der Waals surface area (Å²) in [5.41, 5.74) is 7.13. The molecule has 0 atom stereocenters. The van der Waals surface area contributed by atoms with Crippen LogP contribution in [0.1, 0.15) is 5.82 Å². The summed E-state index contributed by atoms with van der Waals surface area (Å²) in [6, 6.07) is 11.4. The highest BCUT2D eigenvalue weighted by molar-refractivity contribution is 7.90. The van der Waals surface area contributed by atoms with Crippen molar-refractivity contribution in [2.24, 2.45) is 0 Å². The number of nitrogen functional groups attached to an aromatic ring is 1. The van der Waals surface area contributed by atoms with Gasteiger partial charge in [0, 0.05) is 5.69 Å². The molecule has 3 rings (SSSR count). The van der Waals surface area contributed by atoms with Crippen molar-refractivity contribution < 1.29 is 8.42 Å². The fraction of sp³-hybridized carbons (Fsp3) is 0.0714. The average molecular weight is 322 g/mol. The first-order valence-electron chi connectivity index (χ1n) is 6.16. The molecule has 0 aliphatic heterocycles. The number of para-hydroxylation sites is 2. The van der Waals surface area contributed by atoms with E-state index in [1.165, 1.54) is 16.1 Å². The van der Waals surface area contributed by atoms with Gasteiger partial charge < -0.3 is 5.73 Å². The predicted octanol–water partition coefficient (Wildman–Crippen LogP) is 2.82. The van der Waals surface area contributed by atoms with Crippen molar-refractivity contribution in [3.8, 4) is 0 Å². The Kier molecular flexibility index (Phi) is 3.15. The quantitative estimate of drug-likeness (QED) is 0.736. The maximum atomic E-state index is 12.9. The molecule has 0 fully saturated rings. The lowest BCUT2D eigenvalue weighted by atomic mass is 10.3. The number of imidazole rings is 1. The predicted molar refractivity (Wildman–Crippen MR) is 82.9 cm³/mol. The van der Waals surface area contributed by atoms with E-state index in [-0.39, 0.29) is 9.92 Å². The van der Waals surface area contributed by atoms with Gasteiger partial charge in [-0.15, -0.1) is 0 Å². The highest BCUT2D eigenvalue weighted by Gasteiger charge is 2.25. The van der Waals surface area contributed by atoms with Gasteiger partial charge in [-0.2, -0.15) is 0 Å². The SMILES string of the molecule is Cc1nc2ccccc2n1S(=O)(=O)c1cc(N)ccc1Cl. The van der Waals surface area contributed by atoms with Gasteiger partial charge in [-0.1, -0.05) is 23.7 Å². The van der Waals surface area contributed by atoms with Crippen LogP contribution in [0.3, 0.4) is 0 Å². The molecule has 1 aromatic heterocycles. The van der Waals surface area contributed by atoms with E-state index in [1.807, 2.05) is 0 Å². The molecule has 2 N–H and O–H groups in total. The van der Waals surface area contributed by atoms with Crippen LogP contribution in [0.5, 0.6) is 0 Å². The number of halogens is 1. The number of nitrogens with two attached hydrogens (primary N) is 1. The maximum Gasteiger partial charge on any atom is 0.271 e. The summed E-state index contributed by atoms with van der Waals surface area (Å²) in [7, 11) is -3.86. The molecule has 7 heteroatoms. The summed E-state index contributed by atoms with van der Waals surface area (Å²) >= 11 is 6.03. The zero-order valence-corrected chi connectivity index (χ0v) is 12.7. The standard InChI is InChI=1S/C14H12ClN3O2S/c1-9-17-12-4-2-3-5-13(12)18(9)21(19,20)14-8-10(16)6-7-11(14)15/h2-8H,16H2,1H3. The molecule has 0 amide bonds. The summed E-state index contributed by atoms with van der Waals surface area (Å²) in [6.07, 6.45) is 0. The third kappa shape index (κ3) is 2.16. The van der Waals surface area contributed by atoms with Gasteiger partial charge in [0.15, 0.2) is 0 Å². The van der Waals surface area contributed by atoms with E-state index in [1.54, 1.807) is 37.3 Å². The average Bonchev–Trinajstić information content (AvgIpc) is 2.77. The molecule has 0 saturated heterocycles. The third-order valence-electron chi connectivity index (χ3n) is 3.15. The van der Waals surface area contributed by atoms with Gasteiger partial charge in [-0.3, -0.25) is 0 Å². The van der Waals surface area contributed by atoms with Crippen LogP contribution in [0.2, 0.25) is 5.02 Å². The van der Waals surface area contributed by atoms with Gasteiger partial charge in [0.05, 0.1) is 16.1 Å².